The van der Waals surface area contributed by atoms with Crippen LogP contribution in [0, 0.1) is 6.92 Å². The topological polar surface area (TPSA) is 37.6 Å². The van der Waals surface area contributed by atoms with Crippen molar-refractivity contribution in [1.29, 1.82) is 0 Å². The Balaban J connectivity index is 1.74. The van der Waals surface area contributed by atoms with Crippen LogP contribution >= 0.6 is 0 Å². The van der Waals surface area contributed by atoms with Crippen molar-refractivity contribution in [1.82, 2.24) is 9.38 Å². The van der Waals surface area contributed by atoms with Crippen molar-refractivity contribution in [3.05, 3.63) is 65.6 Å². The zero-order valence-corrected chi connectivity index (χ0v) is 12.5. The number of rotatable bonds is 1. The van der Waals surface area contributed by atoms with Crippen molar-refractivity contribution in [2.24, 2.45) is 0 Å². The number of pyridine rings is 1. The number of para-hydroxylation sites is 1. The second kappa shape index (κ2) is 4.98. The van der Waals surface area contributed by atoms with Gasteiger partial charge < -0.3 is 9.30 Å². The molecule has 4 heteroatoms. The van der Waals surface area contributed by atoms with E-state index in [0.717, 1.165) is 36.4 Å². The van der Waals surface area contributed by atoms with Gasteiger partial charge in [-0.15, -0.1) is 0 Å². The van der Waals surface area contributed by atoms with Gasteiger partial charge in [-0.25, -0.2) is 4.98 Å². The molecule has 1 aliphatic heterocycles. The third kappa shape index (κ3) is 2.08. The summed E-state index contributed by atoms with van der Waals surface area (Å²) in [4.78, 5) is 19.2. The molecular weight excluding hydrogens is 274 g/mol. The van der Waals surface area contributed by atoms with Crippen molar-refractivity contribution in [3.8, 4) is 0 Å². The first-order valence-corrected chi connectivity index (χ1v) is 7.57. The number of benzene rings is 1. The first-order chi connectivity index (χ1) is 10.7. The van der Waals surface area contributed by atoms with E-state index in [-0.39, 0.29) is 5.91 Å². The van der Waals surface area contributed by atoms with Gasteiger partial charge in [0.1, 0.15) is 5.65 Å². The van der Waals surface area contributed by atoms with E-state index < -0.39 is 0 Å². The monoisotopic (exact) mass is 291 g/mol. The van der Waals surface area contributed by atoms with Crippen LogP contribution in [0.3, 0.4) is 0 Å². The summed E-state index contributed by atoms with van der Waals surface area (Å²) < 4.78 is 1.94. The highest BCUT2D eigenvalue weighted by Crippen LogP contribution is 2.28. The van der Waals surface area contributed by atoms with Crippen LogP contribution in [0.15, 0.2) is 48.8 Å². The van der Waals surface area contributed by atoms with Crippen molar-refractivity contribution in [3.63, 3.8) is 0 Å². The molecule has 0 saturated heterocycles. The fourth-order valence-electron chi connectivity index (χ4n) is 3.14. The van der Waals surface area contributed by atoms with Gasteiger partial charge in [-0.1, -0.05) is 18.2 Å². The Morgan fingerprint density at radius 2 is 2.09 bits per heavy atom. The summed E-state index contributed by atoms with van der Waals surface area (Å²) >= 11 is 0. The van der Waals surface area contributed by atoms with Crippen LogP contribution in [0.4, 0.5) is 5.69 Å². The van der Waals surface area contributed by atoms with Gasteiger partial charge in [0.15, 0.2) is 0 Å². The minimum Gasteiger partial charge on any atom is -0.308 e. The van der Waals surface area contributed by atoms with E-state index >= 15 is 0 Å². The van der Waals surface area contributed by atoms with Crippen LogP contribution in [0.25, 0.3) is 5.65 Å². The van der Waals surface area contributed by atoms with Crippen LogP contribution in [-0.2, 0) is 6.42 Å². The van der Waals surface area contributed by atoms with E-state index in [4.69, 9.17) is 0 Å². The molecule has 22 heavy (non-hydrogen) atoms. The van der Waals surface area contributed by atoms with Gasteiger partial charge in [-0.2, -0.15) is 0 Å². The molecule has 1 amide bonds. The van der Waals surface area contributed by atoms with E-state index in [1.165, 1.54) is 5.56 Å². The summed E-state index contributed by atoms with van der Waals surface area (Å²) in [5.74, 6) is 0.0512. The van der Waals surface area contributed by atoms with E-state index in [2.05, 4.69) is 11.1 Å². The number of aryl methyl sites for hydroxylation is 2. The van der Waals surface area contributed by atoms with Crippen LogP contribution < -0.4 is 4.90 Å². The van der Waals surface area contributed by atoms with Gasteiger partial charge in [0, 0.05) is 30.2 Å². The lowest BCUT2D eigenvalue weighted by Crippen LogP contribution is -2.35. The molecule has 3 heterocycles. The zero-order chi connectivity index (χ0) is 15.1. The number of anilines is 1. The number of hydrogen-bond acceptors (Lipinski definition) is 2. The molecule has 2 aromatic heterocycles. The molecule has 0 N–H and O–H groups in total. The van der Waals surface area contributed by atoms with Gasteiger partial charge >= 0.3 is 0 Å². The quantitative estimate of drug-likeness (QED) is 0.690. The minimum atomic E-state index is 0.0512. The van der Waals surface area contributed by atoms with E-state index in [0.29, 0.717) is 5.56 Å². The lowest BCUT2D eigenvalue weighted by molar-refractivity contribution is 0.0985. The maximum Gasteiger partial charge on any atom is 0.258 e. The molecule has 0 fully saturated rings. The third-order valence-electron chi connectivity index (χ3n) is 4.18. The predicted molar refractivity (Wildman–Crippen MR) is 86.4 cm³/mol. The number of amides is 1. The van der Waals surface area contributed by atoms with Crippen molar-refractivity contribution in [2.75, 3.05) is 11.4 Å². The standard InChI is InChI=1S/C18H17N3O/c1-13-12-20-10-8-15(11-17(20)19-13)18(22)21-9-4-6-14-5-2-3-7-16(14)21/h2-3,5,7-8,10-12H,4,6,9H2,1H3. The molecule has 4 nitrogen and oxygen atoms in total. The van der Waals surface area contributed by atoms with E-state index in [1.807, 2.05) is 58.9 Å². The molecule has 110 valence electrons. The summed E-state index contributed by atoms with van der Waals surface area (Å²) in [5, 5.41) is 0. The van der Waals surface area contributed by atoms with Gasteiger partial charge in [-0.05, 0) is 43.5 Å². The largest absolute Gasteiger partial charge is 0.308 e. The number of nitrogens with zero attached hydrogens (tertiary/aromatic N) is 3. The average molecular weight is 291 g/mol. The van der Waals surface area contributed by atoms with Crippen LogP contribution in [0.2, 0.25) is 0 Å². The van der Waals surface area contributed by atoms with E-state index in [9.17, 15) is 4.79 Å². The molecule has 3 aromatic rings. The first kappa shape index (κ1) is 13.1. The van der Waals surface area contributed by atoms with Crippen LogP contribution in [0.1, 0.15) is 28.0 Å². The lowest BCUT2D eigenvalue weighted by Gasteiger charge is -2.29. The molecule has 0 aliphatic carbocycles. The molecule has 0 bridgehead atoms. The molecule has 1 aromatic carbocycles. The number of fused-ring (bicyclic) bond motifs is 2. The highest BCUT2D eigenvalue weighted by atomic mass is 16.2. The lowest BCUT2D eigenvalue weighted by atomic mass is 10.0. The van der Waals surface area contributed by atoms with E-state index in [1.54, 1.807) is 0 Å². The molecule has 0 saturated carbocycles. The number of aromatic nitrogens is 2. The number of carbonyl (C=O) groups is 1. The smallest absolute Gasteiger partial charge is 0.258 e. The normalized spacial score (nSPS) is 14.1. The molecular formula is C18H17N3O. The average Bonchev–Trinajstić information content (AvgIpc) is 2.92. The molecule has 1 aliphatic rings. The Bertz CT molecular complexity index is 866. The van der Waals surface area contributed by atoms with Crippen LogP contribution in [0.5, 0.6) is 0 Å². The minimum absolute atomic E-state index is 0.0512. The highest BCUT2D eigenvalue weighted by Gasteiger charge is 2.23. The Kier molecular flexibility index (Phi) is 2.96. The fourth-order valence-corrected chi connectivity index (χ4v) is 3.14. The number of imidazole rings is 1. The highest BCUT2D eigenvalue weighted by molar-refractivity contribution is 6.07. The van der Waals surface area contributed by atoms with Gasteiger partial charge in [0.2, 0.25) is 0 Å². The second-order valence-electron chi connectivity index (χ2n) is 5.75. The Morgan fingerprint density at radius 3 is 3.00 bits per heavy atom. The van der Waals surface area contributed by atoms with Crippen molar-refractivity contribution >= 4 is 17.2 Å². The number of hydrogen-bond donors (Lipinski definition) is 0. The Hall–Kier alpha value is -2.62. The third-order valence-corrected chi connectivity index (χ3v) is 4.18. The molecule has 0 atom stereocenters. The van der Waals surface area contributed by atoms with Crippen molar-refractivity contribution in [2.45, 2.75) is 19.8 Å². The molecule has 4 rings (SSSR count). The van der Waals surface area contributed by atoms with Gasteiger partial charge in [0.25, 0.3) is 5.91 Å². The molecule has 0 radical (unpaired) electrons. The molecule has 0 unspecified atom stereocenters. The summed E-state index contributed by atoms with van der Waals surface area (Å²) in [6.45, 7) is 2.73. The fraction of sp³-hybridized carbons (Fsp3) is 0.222. The summed E-state index contributed by atoms with van der Waals surface area (Å²) in [6, 6.07) is 11.9. The molecule has 0 spiro atoms. The predicted octanol–water partition coefficient (Wildman–Crippen LogP) is 3.24. The number of carbonyl (C=O) groups excluding carboxylic acids is 1. The van der Waals surface area contributed by atoms with Crippen LogP contribution in [-0.4, -0.2) is 21.8 Å². The summed E-state index contributed by atoms with van der Waals surface area (Å²) in [5.41, 5.74) is 4.74. The Morgan fingerprint density at radius 1 is 1.23 bits per heavy atom. The zero-order valence-electron chi connectivity index (χ0n) is 12.5. The first-order valence-electron chi connectivity index (χ1n) is 7.57. The van der Waals surface area contributed by atoms with Gasteiger partial charge in [-0.3, -0.25) is 4.79 Å². The van der Waals surface area contributed by atoms with Crippen molar-refractivity contribution < 1.29 is 4.79 Å². The second-order valence-corrected chi connectivity index (χ2v) is 5.75. The summed E-state index contributed by atoms with van der Waals surface area (Å²) in [7, 11) is 0. The maximum absolute atomic E-state index is 12.9. The Labute approximate surface area is 129 Å². The SMILES string of the molecule is Cc1cn2ccc(C(=O)N3CCCc4ccccc43)cc2n1. The maximum atomic E-state index is 12.9. The van der Waals surface area contributed by atoms with Gasteiger partial charge in [0.05, 0.1) is 5.69 Å². The summed E-state index contributed by atoms with van der Waals surface area (Å²) in [6.07, 6.45) is 5.91.